The highest BCUT2D eigenvalue weighted by Gasteiger charge is 2.31. The molecule has 35 heavy (non-hydrogen) atoms. The second kappa shape index (κ2) is 12.4. The SMILES string of the molecule is CCC(C(=O)NC1CCCC1)N(Cc1ccccc1Cl)C(=O)COc1ccc([N+](=O)[O-])c(OC)c1. The molecule has 188 valence electrons. The molecule has 0 aromatic heterocycles. The first-order valence-corrected chi connectivity index (χ1v) is 12.0. The lowest BCUT2D eigenvalue weighted by Crippen LogP contribution is -2.52. The fourth-order valence-electron chi connectivity index (χ4n) is 4.22. The van der Waals surface area contributed by atoms with Crippen molar-refractivity contribution >= 4 is 29.1 Å². The van der Waals surface area contributed by atoms with Crippen LogP contribution in [0.4, 0.5) is 5.69 Å². The van der Waals surface area contributed by atoms with Crippen LogP contribution < -0.4 is 14.8 Å². The van der Waals surface area contributed by atoms with E-state index >= 15 is 0 Å². The Morgan fingerprint density at radius 3 is 2.57 bits per heavy atom. The second-order valence-corrected chi connectivity index (χ2v) is 8.81. The number of amides is 2. The van der Waals surface area contributed by atoms with Gasteiger partial charge in [-0.05, 0) is 37.0 Å². The van der Waals surface area contributed by atoms with Crippen LogP contribution in [0, 0.1) is 10.1 Å². The molecule has 0 radical (unpaired) electrons. The summed E-state index contributed by atoms with van der Waals surface area (Å²) in [6.45, 7) is 1.63. The minimum absolute atomic E-state index is 0.0234. The van der Waals surface area contributed by atoms with E-state index in [1.807, 2.05) is 19.1 Å². The van der Waals surface area contributed by atoms with Gasteiger partial charge in [-0.15, -0.1) is 0 Å². The first-order valence-electron chi connectivity index (χ1n) is 11.6. The van der Waals surface area contributed by atoms with Crippen LogP contribution in [-0.2, 0) is 16.1 Å². The Kier molecular flexibility index (Phi) is 9.31. The Balaban J connectivity index is 1.79. The number of rotatable bonds is 11. The van der Waals surface area contributed by atoms with Gasteiger partial charge in [0.05, 0.1) is 12.0 Å². The minimum Gasteiger partial charge on any atom is -0.490 e. The van der Waals surface area contributed by atoms with E-state index in [1.165, 1.54) is 30.2 Å². The van der Waals surface area contributed by atoms with Crippen LogP contribution in [0.15, 0.2) is 42.5 Å². The second-order valence-electron chi connectivity index (χ2n) is 8.41. The number of hydrogen-bond donors (Lipinski definition) is 1. The van der Waals surface area contributed by atoms with Crippen molar-refractivity contribution < 1.29 is 24.0 Å². The zero-order valence-electron chi connectivity index (χ0n) is 19.9. The Hall–Kier alpha value is -3.33. The van der Waals surface area contributed by atoms with E-state index in [0.717, 1.165) is 25.7 Å². The van der Waals surface area contributed by atoms with Crippen LogP contribution >= 0.6 is 11.6 Å². The van der Waals surface area contributed by atoms with Crippen LogP contribution in [0.1, 0.15) is 44.6 Å². The average molecular weight is 504 g/mol. The molecule has 2 amide bonds. The molecular weight excluding hydrogens is 474 g/mol. The van der Waals surface area contributed by atoms with Crippen LogP contribution in [0.5, 0.6) is 11.5 Å². The Morgan fingerprint density at radius 1 is 1.23 bits per heavy atom. The number of nitro groups is 1. The number of methoxy groups -OCH3 is 1. The van der Waals surface area contributed by atoms with Gasteiger partial charge in [-0.2, -0.15) is 0 Å². The maximum atomic E-state index is 13.3. The largest absolute Gasteiger partial charge is 0.490 e. The molecule has 0 spiro atoms. The molecular formula is C25H30ClN3O6. The molecule has 1 saturated carbocycles. The summed E-state index contributed by atoms with van der Waals surface area (Å²) in [5, 5.41) is 14.7. The third-order valence-electron chi connectivity index (χ3n) is 6.10. The number of hydrogen-bond acceptors (Lipinski definition) is 6. The number of nitro benzene ring substituents is 1. The van der Waals surface area contributed by atoms with Crippen LogP contribution in [0.3, 0.4) is 0 Å². The maximum Gasteiger partial charge on any atom is 0.311 e. The summed E-state index contributed by atoms with van der Waals surface area (Å²) in [6.07, 6.45) is 4.45. The smallest absolute Gasteiger partial charge is 0.311 e. The first-order chi connectivity index (χ1) is 16.8. The van der Waals surface area contributed by atoms with Gasteiger partial charge >= 0.3 is 5.69 Å². The van der Waals surface area contributed by atoms with Crippen molar-refractivity contribution in [3.05, 3.63) is 63.2 Å². The molecule has 9 nitrogen and oxygen atoms in total. The van der Waals surface area contributed by atoms with Crippen molar-refractivity contribution in [1.29, 1.82) is 0 Å². The van der Waals surface area contributed by atoms with E-state index in [1.54, 1.807) is 12.1 Å². The lowest BCUT2D eigenvalue weighted by Gasteiger charge is -2.31. The van der Waals surface area contributed by atoms with E-state index in [-0.39, 0.29) is 42.3 Å². The molecule has 1 fully saturated rings. The summed E-state index contributed by atoms with van der Waals surface area (Å²) in [4.78, 5) is 38.5. The minimum atomic E-state index is -0.700. The lowest BCUT2D eigenvalue weighted by molar-refractivity contribution is -0.385. The highest BCUT2D eigenvalue weighted by molar-refractivity contribution is 6.31. The van der Waals surface area contributed by atoms with E-state index in [9.17, 15) is 19.7 Å². The molecule has 3 rings (SSSR count). The quantitative estimate of drug-likeness (QED) is 0.357. The summed E-state index contributed by atoms with van der Waals surface area (Å²) in [6, 6.07) is 10.6. The molecule has 1 atom stereocenters. The van der Waals surface area contributed by atoms with Gasteiger partial charge in [0.2, 0.25) is 11.7 Å². The molecule has 2 aromatic rings. The van der Waals surface area contributed by atoms with Crippen molar-refractivity contribution in [3.63, 3.8) is 0 Å². The average Bonchev–Trinajstić information content (AvgIpc) is 3.36. The third-order valence-corrected chi connectivity index (χ3v) is 6.46. The number of carbonyl (C=O) groups is 2. The Labute approximate surface area is 209 Å². The molecule has 10 heteroatoms. The Morgan fingerprint density at radius 2 is 1.94 bits per heavy atom. The van der Waals surface area contributed by atoms with Crippen molar-refractivity contribution in [2.45, 2.75) is 57.7 Å². The summed E-state index contributed by atoms with van der Waals surface area (Å²) in [7, 11) is 1.32. The van der Waals surface area contributed by atoms with Crippen molar-refractivity contribution in [2.24, 2.45) is 0 Å². The molecule has 1 aliphatic rings. The standard InChI is InChI=1S/C25H30ClN3O6/c1-3-21(25(31)27-18-9-5-6-10-18)28(15-17-8-4-7-11-20(17)26)24(30)16-35-19-12-13-22(29(32)33)23(14-19)34-2/h4,7-8,11-14,18,21H,3,5-6,9-10,15-16H2,1-2H3,(H,27,31). The van der Waals surface area contributed by atoms with Crippen molar-refractivity contribution in [1.82, 2.24) is 10.2 Å². The summed E-state index contributed by atoms with van der Waals surface area (Å²) < 4.78 is 10.7. The van der Waals surface area contributed by atoms with Gasteiger partial charge in [0.15, 0.2) is 6.61 Å². The fourth-order valence-corrected chi connectivity index (χ4v) is 4.42. The lowest BCUT2D eigenvalue weighted by atomic mass is 10.1. The van der Waals surface area contributed by atoms with Crippen LogP contribution in [0.25, 0.3) is 0 Å². The molecule has 0 bridgehead atoms. The number of nitrogens with zero attached hydrogens (tertiary/aromatic N) is 2. The van der Waals surface area contributed by atoms with Crippen LogP contribution in [-0.4, -0.2) is 47.4 Å². The molecule has 0 saturated heterocycles. The molecule has 0 heterocycles. The fraction of sp³-hybridized carbons (Fsp3) is 0.440. The van der Waals surface area contributed by atoms with Crippen molar-refractivity contribution in [2.75, 3.05) is 13.7 Å². The molecule has 1 unspecified atom stereocenters. The van der Waals surface area contributed by atoms with Gasteiger partial charge < -0.3 is 19.7 Å². The number of halogens is 1. The van der Waals surface area contributed by atoms with Gasteiger partial charge in [-0.3, -0.25) is 19.7 Å². The zero-order valence-corrected chi connectivity index (χ0v) is 20.6. The van der Waals surface area contributed by atoms with Gasteiger partial charge in [-0.25, -0.2) is 0 Å². The number of benzene rings is 2. The Bertz CT molecular complexity index is 1060. The summed E-state index contributed by atoms with van der Waals surface area (Å²) in [5.74, 6) is -0.343. The molecule has 2 aromatic carbocycles. The normalized spacial score (nSPS) is 14.3. The monoisotopic (exact) mass is 503 g/mol. The third kappa shape index (κ3) is 6.85. The summed E-state index contributed by atoms with van der Waals surface area (Å²) >= 11 is 6.35. The highest BCUT2D eigenvalue weighted by Crippen LogP contribution is 2.31. The van der Waals surface area contributed by atoms with Gasteiger partial charge in [-0.1, -0.05) is 49.6 Å². The van der Waals surface area contributed by atoms with Crippen molar-refractivity contribution in [3.8, 4) is 11.5 Å². The van der Waals surface area contributed by atoms with E-state index in [0.29, 0.717) is 17.0 Å². The van der Waals surface area contributed by atoms with E-state index in [2.05, 4.69) is 5.32 Å². The highest BCUT2D eigenvalue weighted by atomic mass is 35.5. The van der Waals surface area contributed by atoms with Crippen LogP contribution in [0.2, 0.25) is 5.02 Å². The van der Waals surface area contributed by atoms with E-state index in [4.69, 9.17) is 21.1 Å². The number of nitrogens with one attached hydrogen (secondary N) is 1. The molecule has 0 aliphatic heterocycles. The molecule has 1 N–H and O–H groups in total. The number of carbonyl (C=O) groups excluding carboxylic acids is 2. The van der Waals surface area contributed by atoms with Gasteiger partial charge in [0.25, 0.3) is 5.91 Å². The van der Waals surface area contributed by atoms with Gasteiger partial charge in [0, 0.05) is 29.7 Å². The number of ether oxygens (including phenoxy) is 2. The summed E-state index contributed by atoms with van der Waals surface area (Å²) in [5.41, 5.74) is 0.507. The predicted molar refractivity (Wildman–Crippen MR) is 132 cm³/mol. The topological polar surface area (TPSA) is 111 Å². The predicted octanol–water partition coefficient (Wildman–Crippen LogP) is 4.50. The zero-order chi connectivity index (χ0) is 25.4. The maximum absolute atomic E-state index is 13.3. The van der Waals surface area contributed by atoms with Gasteiger partial charge in [0.1, 0.15) is 11.8 Å². The van der Waals surface area contributed by atoms with E-state index < -0.39 is 16.9 Å². The first kappa shape index (κ1) is 26.3. The molecule has 1 aliphatic carbocycles.